The molecule has 2 heterocycles. The van der Waals surface area contributed by atoms with Gasteiger partial charge in [-0.25, -0.2) is 0 Å². The van der Waals surface area contributed by atoms with E-state index in [1.165, 1.54) is 0 Å². The summed E-state index contributed by atoms with van der Waals surface area (Å²) in [7, 11) is 0. The number of aliphatic hydroxyl groups is 1. The molecule has 1 aliphatic rings. The number of aromatic nitrogens is 1. The predicted octanol–water partition coefficient (Wildman–Crippen LogP) is 1.10. The van der Waals surface area contributed by atoms with Crippen LogP contribution in [-0.2, 0) is 5.60 Å². The highest BCUT2D eigenvalue weighted by Crippen LogP contribution is 2.29. The summed E-state index contributed by atoms with van der Waals surface area (Å²) in [5.41, 5.74) is 0.118. The molecular formula is C14H16N2O2. The molecule has 0 aliphatic carbocycles. The van der Waals surface area contributed by atoms with Crippen LogP contribution in [0.2, 0.25) is 0 Å². The van der Waals surface area contributed by atoms with Gasteiger partial charge in [-0.1, -0.05) is 18.2 Å². The van der Waals surface area contributed by atoms with E-state index in [1.54, 1.807) is 0 Å². The van der Waals surface area contributed by atoms with Crippen LogP contribution in [0.3, 0.4) is 0 Å². The summed E-state index contributed by atoms with van der Waals surface area (Å²) in [4.78, 5) is 14.9. The van der Waals surface area contributed by atoms with Gasteiger partial charge in [0.15, 0.2) is 0 Å². The van der Waals surface area contributed by atoms with Crippen LogP contribution in [-0.4, -0.2) is 23.2 Å². The van der Waals surface area contributed by atoms with Gasteiger partial charge < -0.3 is 15.4 Å². The van der Waals surface area contributed by atoms with Crippen LogP contribution in [0.25, 0.3) is 10.9 Å². The van der Waals surface area contributed by atoms with Gasteiger partial charge in [0.2, 0.25) is 0 Å². The van der Waals surface area contributed by atoms with Crippen LogP contribution in [0, 0.1) is 0 Å². The minimum absolute atomic E-state index is 0.182. The third kappa shape index (κ3) is 1.83. The van der Waals surface area contributed by atoms with Gasteiger partial charge in [-0.15, -0.1) is 0 Å². The summed E-state index contributed by atoms with van der Waals surface area (Å²) >= 11 is 0. The Bertz CT molecular complexity index is 627. The molecule has 4 heteroatoms. The minimum atomic E-state index is -0.997. The van der Waals surface area contributed by atoms with Gasteiger partial charge in [0.25, 0.3) is 5.56 Å². The molecule has 0 saturated carbocycles. The third-order valence-electron chi connectivity index (χ3n) is 3.69. The van der Waals surface area contributed by atoms with Crippen LogP contribution in [0.4, 0.5) is 0 Å². The Hall–Kier alpha value is -1.65. The highest BCUT2D eigenvalue weighted by atomic mass is 16.3. The minimum Gasteiger partial charge on any atom is -0.385 e. The van der Waals surface area contributed by atoms with E-state index >= 15 is 0 Å². The van der Waals surface area contributed by atoms with E-state index in [4.69, 9.17) is 0 Å². The first-order valence-corrected chi connectivity index (χ1v) is 6.25. The molecule has 0 spiro atoms. The second kappa shape index (κ2) is 4.23. The van der Waals surface area contributed by atoms with Crippen molar-refractivity contribution in [3.63, 3.8) is 0 Å². The Morgan fingerprint density at radius 3 is 2.67 bits per heavy atom. The second-order valence-corrected chi connectivity index (χ2v) is 4.88. The maximum atomic E-state index is 12.1. The summed E-state index contributed by atoms with van der Waals surface area (Å²) in [6, 6.07) is 9.44. The molecule has 1 aromatic heterocycles. The van der Waals surface area contributed by atoms with Crippen molar-refractivity contribution in [3.05, 3.63) is 46.2 Å². The maximum Gasteiger partial charge on any atom is 0.254 e. The Morgan fingerprint density at radius 2 is 1.89 bits per heavy atom. The number of fused-ring (bicyclic) bond motifs is 1. The number of pyridine rings is 1. The Balaban J connectivity index is 2.16. The zero-order valence-corrected chi connectivity index (χ0v) is 10.1. The molecule has 0 bridgehead atoms. The normalized spacial score (nSPS) is 18.9. The number of benzene rings is 1. The largest absolute Gasteiger partial charge is 0.385 e. The molecule has 3 N–H and O–H groups in total. The monoisotopic (exact) mass is 244 g/mol. The van der Waals surface area contributed by atoms with E-state index in [-0.39, 0.29) is 5.56 Å². The molecule has 0 unspecified atom stereocenters. The fourth-order valence-electron chi connectivity index (χ4n) is 2.60. The molecule has 1 aliphatic heterocycles. The summed E-state index contributed by atoms with van der Waals surface area (Å²) in [5.74, 6) is 0. The summed E-state index contributed by atoms with van der Waals surface area (Å²) in [6.07, 6.45) is 1.16. The third-order valence-corrected chi connectivity index (χ3v) is 3.69. The summed E-state index contributed by atoms with van der Waals surface area (Å²) in [5, 5.41) is 14.8. The van der Waals surface area contributed by atoms with E-state index < -0.39 is 5.60 Å². The first-order chi connectivity index (χ1) is 8.69. The summed E-state index contributed by atoms with van der Waals surface area (Å²) < 4.78 is 0. The standard InChI is InChI=1S/C14H16N2O2/c17-13-11(14(18)5-7-15-8-6-14)9-10-3-1-2-4-12(10)16-13/h1-4,9,15,18H,5-8H2,(H,16,17). The number of aromatic amines is 1. The van der Waals surface area contributed by atoms with Gasteiger partial charge in [-0.2, -0.15) is 0 Å². The van der Waals surface area contributed by atoms with Gasteiger partial charge in [0.05, 0.1) is 5.60 Å². The zero-order valence-electron chi connectivity index (χ0n) is 10.1. The van der Waals surface area contributed by atoms with Crippen LogP contribution in [0.5, 0.6) is 0 Å². The quantitative estimate of drug-likeness (QED) is 0.704. The van der Waals surface area contributed by atoms with Crippen LogP contribution < -0.4 is 10.9 Å². The topological polar surface area (TPSA) is 65.1 Å². The van der Waals surface area contributed by atoms with E-state index in [9.17, 15) is 9.90 Å². The predicted molar refractivity (Wildman–Crippen MR) is 70.6 cm³/mol. The molecule has 3 rings (SSSR count). The van der Waals surface area contributed by atoms with Gasteiger partial charge in [-0.3, -0.25) is 4.79 Å². The van der Waals surface area contributed by atoms with E-state index in [2.05, 4.69) is 10.3 Å². The Labute approximate surface area is 105 Å². The number of piperidine rings is 1. The Morgan fingerprint density at radius 1 is 1.17 bits per heavy atom. The van der Waals surface area contributed by atoms with Crippen molar-refractivity contribution in [1.82, 2.24) is 10.3 Å². The maximum absolute atomic E-state index is 12.1. The van der Waals surface area contributed by atoms with E-state index in [0.717, 1.165) is 24.0 Å². The van der Waals surface area contributed by atoms with Gasteiger partial charge in [0.1, 0.15) is 0 Å². The van der Waals surface area contributed by atoms with Crippen LogP contribution >= 0.6 is 0 Å². The SMILES string of the molecule is O=c1[nH]c2ccccc2cc1C1(O)CCNCC1. The van der Waals surface area contributed by atoms with Crippen LogP contribution in [0.1, 0.15) is 18.4 Å². The average Bonchev–Trinajstić information content (AvgIpc) is 2.38. The molecule has 94 valence electrons. The van der Waals surface area contributed by atoms with Crippen LogP contribution in [0.15, 0.2) is 35.1 Å². The van der Waals surface area contributed by atoms with Gasteiger partial charge in [0, 0.05) is 11.1 Å². The lowest BCUT2D eigenvalue weighted by atomic mass is 9.85. The molecular weight excluding hydrogens is 228 g/mol. The smallest absolute Gasteiger partial charge is 0.254 e. The molecule has 0 atom stereocenters. The van der Waals surface area contributed by atoms with Crippen molar-refractivity contribution >= 4 is 10.9 Å². The fourth-order valence-corrected chi connectivity index (χ4v) is 2.60. The fraction of sp³-hybridized carbons (Fsp3) is 0.357. The van der Waals surface area contributed by atoms with Crippen molar-refractivity contribution in [2.24, 2.45) is 0 Å². The average molecular weight is 244 g/mol. The number of rotatable bonds is 1. The Kier molecular flexibility index (Phi) is 2.69. The molecule has 1 aromatic carbocycles. The molecule has 4 nitrogen and oxygen atoms in total. The van der Waals surface area contributed by atoms with E-state index in [0.29, 0.717) is 18.4 Å². The number of nitrogens with one attached hydrogen (secondary N) is 2. The van der Waals surface area contributed by atoms with Crippen molar-refractivity contribution in [1.29, 1.82) is 0 Å². The highest BCUT2D eigenvalue weighted by Gasteiger charge is 2.33. The second-order valence-electron chi connectivity index (χ2n) is 4.88. The van der Waals surface area contributed by atoms with Crippen molar-refractivity contribution in [3.8, 4) is 0 Å². The first kappa shape index (κ1) is 11.4. The number of para-hydroxylation sites is 1. The molecule has 2 aromatic rings. The van der Waals surface area contributed by atoms with Gasteiger partial charge >= 0.3 is 0 Å². The lowest BCUT2D eigenvalue weighted by Gasteiger charge is -2.32. The van der Waals surface area contributed by atoms with Crippen molar-refractivity contribution in [2.75, 3.05) is 13.1 Å². The lowest BCUT2D eigenvalue weighted by Crippen LogP contribution is -2.42. The van der Waals surface area contributed by atoms with Crippen molar-refractivity contribution in [2.45, 2.75) is 18.4 Å². The molecule has 0 amide bonds. The van der Waals surface area contributed by atoms with Gasteiger partial charge in [-0.05, 0) is 43.5 Å². The molecule has 1 saturated heterocycles. The lowest BCUT2D eigenvalue weighted by molar-refractivity contribution is 0.00479. The molecule has 18 heavy (non-hydrogen) atoms. The highest BCUT2D eigenvalue weighted by molar-refractivity contribution is 5.78. The number of hydrogen-bond acceptors (Lipinski definition) is 3. The molecule has 0 radical (unpaired) electrons. The number of H-pyrrole nitrogens is 1. The van der Waals surface area contributed by atoms with E-state index in [1.807, 2.05) is 30.3 Å². The first-order valence-electron chi connectivity index (χ1n) is 6.25. The number of hydrogen-bond donors (Lipinski definition) is 3. The van der Waals surface area contributed by atoms with Crippen molar-refractivity contribution < 1.29 is 5.11 Å². The summed E-state index contributed by atoms with van der Waals surface area (Å²) in [6.45, 7) is 1.48. The molecule has 1 fully saturated rings. The zero-order chi connectivity index (χ0) is 12.6.